The zero-order chi connectivity index (χ0) is 18.9. The van der Waals surface area contributed by atoms with Gasteiger partial charge in [-0.3, -0.25) is 4.79 Å². The van der Waals surface area contributed by atoms with Crippen LogP contribution in [0, 0.1) is 0 Å². The molecular formula is C21H33NO3S. The number of anilines is 1. The molecule has 0 fully saturated rings. The minimum Gasteiger partial charge on any atom is -0.459 e. The largest absolute Gasteiger partial charge is 0.459 e. The van der Waals surface area contributed by atoms with E-state index in [1.165, 1.54) is 30.6 Å². The lowest BCUT2D eigenvalue weighted by atomic mass is 9.95. The van der Waals surface area contributed by atoms with Gasteiger partial charge in [0.25, 0.3) is 0 Å². The number of esters is 1. The van der Waals surface area contributed by atoms with Gasteiger partial charge in [0.15, 0.2) is 0 Å². The number of carbonyl (C=O) groups is 2. The van der Waals surface area contributed by atoms with Gasteiger partial charge < -0.3 is 10.1 Å². The fourth-order valence-electron chi connectivity index (χ4n) is 3.40. The van der Waals surface area contributed by atoms with Gasteiger partial charge in [0.05, 0.1) is 11.7 Å². The highest BCUT2D eigenvalue weighted by molar-refractivity contribution is 7.17. The summed E-state index contributed by atoms with van der Waals surface area (Å²) in [7, 11) is 0. The van der Waals surface area contributed by atoms with Gasteiger partial charge in [0, 0.05) is 11.3 Å². The van der Waals surface area contributed by atoms with E-state index in [2.05, 4.69) is 12.2 Å². The number of nitrogens with one attached hydrogen (secondary N) is 1. The molecule has 0 atom stereocenters. The Labute approximate surface area is 161 Å². The molecular weight excluding hydrogens is 346 g/mol. The molecule has 5 heteroatoms. The first-order valence-corrected chi connectivity index (χ1v) is 11.0. The molecule has 146 valence electrons. The molecule has 1 aromatic heterocycles. The second-order valence-corrected chi connectivity index (χ2v) is 8.54. The van der Waals surface area contributed by atoms with E-state index in [1.807, 2.05) is 13.8 Å². The third-order valence-electron chi connectivity index (χ3n) is 4.73. The van der Waals surface area contributed by atoms with Crippen LogP contribution in [-0.4, -0.2) is 18.0 Å². The Balaban J connectivity index is 1.98. The van der Waals surface area contributed by atoms with Crippen LogP contribution in [0.25, 0.3) is 0 Å². The van der Waals surface area contributed by atoms with Crippen molar-refractivity contribution < 1.29 is 14.3 Å². The molecule has 26 heavy (non-hydrogen) atoms. The molecule has 2 rings (SSSR count). The lowest BCUT2D eigenvalue weighted by Crippen LogP contribution is -2.17. The van der Waals surface area contributed by atoms with Gasteiger partial charge in [0.1, 0.15) is 5.00 Å². The number of rotatable bonds is 10. The molecule has 1 N–H and O–H groups in total. The van der Waals surface area contributed by atoms with Crippen molar-refractivity contribution in [2.45, 2.75) is 97.5 Å². The zero-order valence-electron chi connectivity index (χ0n) is 16.5. The van der Waals surface area contributed by atoms with Crippen LogP contribution >= 0.6 is 11.3 Å². The van der Waals surface area contributed by atoms with Gasteiger partial charge in [-0.05, 0) is 51.5 Å². The van der Waals surface area contributed by atoms with Crippen LogP contribution in [0.2, 0.25) is 0 Å². The number of fused-ring (bicyclic) bond motifs is 1. The first kappa shape index (κ1) is 20.9. The molecule has 0 aliphatic heterocycles. The molecule has 1 aliphatic carbocycles. The van der Waals surface area contributed by atoms with Crippen LogP contribution in [0.15, 0.2) is 0 Å². The Kier molecular flexibility index (Phi) is 8.63. The van der Waals surface area contributed by atoms with E-state index in [0.717, 1.165) is 44.1 Å². The van der Waals surface area contributed by atoms with Crippen molar-refractivity contribution in [3.63, 3.8) is 0 Å². The van der Waals surface area contributed by atoms with E-state index in [0.29, 0.717) is 17.0 Å². The van der Waals surface area contributed by atoms with Gasteiger partial charge >= 0.3 is 5.97 Å². The highest BCUT2D eigenvalue weighted by Gasteiger charge is 2.27. The molecule has 1 heterocycles. The molecule has 1 amide bonds. The normalized spacial score (nSPS) is 13.5. The average Bonchev–Trinajstić information content (AvgIpc) is 2.95. The van der Waals surface area contributed by atoms with Crippen molar-refractivity contribution >= 4 is 28.2 Å². The summed E-state index contributed by atoms with van der Waals surface area (Å²) in [5.41, 5.74) is 1.71. The summed E-state index contributed by atoms with van der Waals surface area (Å²) in [5, 5.41) is 3.70. The molecule has 0 bridgehead atoms. The third-order valence-corrected chi connectivity index (χ3v) is 5.94. The number of hydrogen-bond acceptors (Lipinski definition) is 4. The van der Waals surface area contributed by atoms with Crippen molar-refractivity contribution in [3.05, 3.63) is 16.0 Å². The first-order chi connectivity index (χ1) is 12.5. The van der Waals surface area contributed by atoms with Crippen LogP contribution in [0.3, 0.4) is 0 Å². The Hall–Kier alpha value is -1.36. The number of unbranched alkanes of at least 4 members (excludes halogenated alkanes) is 5. The average molecular weight is 380 g/mol. The van der Waals surface area contributed by atoms with Crippen molar-refractivity contribution in [1.82, 2.24) is 0 Å². The first-order valence-electron chi connectivity index (χ1n) is 10.2. The monoisotopic (exact) mass is 379 g/mol. The van der Waals surface area contributed by atoms with Crippen LogP contribution in [0.5, 0.6) is 0 Å². The molecule has 0 unspecified atom stereocenters. The maximum Gasteiger partial charge on any atom is 0.341 e. The Morgan fingerprint density at radius 3 is 2.50 bits per heavy atom. The number of aryl methyl sites for hydroxylation is 1. The van der Waals surface area contributed by atoms with Crippen LogP contribution in [0.1, 0.15) is 99.4 Å². The molecule has 0 saturated heterocycles. The smallest absolute Gasteiger partial charge is 0.341 e. The van der Waals surface area contributed by atoms with Gasteiger partial charge in [-0.15, -0.1) is 11.3 Å². The van der Waals surface area contributed by atoms with E-state index >= 15 is 0 Å². The topological polar surface area (TPSA) is 55.4 Å². The second kappa shape index (κ2) is 10.7. The number of amides is 1. The fourth-order valence-corrected chi connectivity index (χ4v) is 4.69. The van der Waals surface area contributed by atoms with Gasteiger partial charge in [-0.25, -0.2) is 4.79 Å². The predicted octanol–water partition coefficient (Wildman–Crippen LogP) is 5.88. The lowest BCUT2D eigenvalue weighted by molar-refractivity contribution is -0.116. The molecule has 1 aromatic rings. The highest BCUT2D eigenvalue weighted by atomic mass is 32.1. The minimum atomic E-state index is -0.297. The van der Waals surface area contributed by atoms with Crippen LogP contribution < -0.4 is 5.32 Å². The Morgan fingerprint density at radius 2 is 1.77 bits per heavy atom. The highest BCUT2D eigenvalue weighted by Crippen LogP contribution is 2.38. The third kappa shape index (κ3) is 6.11. The van der Waals surface area contributed by atoms with E-state index in [4.69, 9.17) is 4.74 Å². The summed E-state index contributed by atoms with van der Waals surface area (Å²) >= 11 is 1.56. The molecule has 1 aliphatic rings. The maximum atomic E-state index is 12.6. The summed E-state index contributed by atoms with van der Waals surface area (Å²) in [6.45, 7) is 5.91. The molecule has 0 spiro atoms. The summed E-state index contributed by atoms with van der Waals surface area (Å²) < 4.78 is 5.44. The van der Waals surface area contributed by atoms with Gasteiger partial charge in [0.2, 0.25) is 5.91 Å². The van der Waals surface area contributed by atoms with Crippen molar-refractivity contribution in [2.75, 3.05) is 5.32 Å². The van der Waals surface area contributed by atoms with Crippen LogP contribution in [0.4, 0.5) is 5.00 Å². The molecule has 0 radical (unpaired) electrons. The SMILES string of the molecule is CCCCCCCCC(=O)Nc1sc2c(c1C(=O)OC(C)C)CCCC2. The minimum absolute atomic E-state index is 0.0117. The lowest BCUT2D eigenvalue weighted by Gasteiger charge is -2.14. The maximum absolute atomic E-state index is 12.6. The number of carbonyl (C=O) groups excluding carboxylic acids is 2. The molecule has 4 nitrogen and oxygen atoms in total. The summed E-state index contributed by atoms with van der Waals surface area (Å²) in [4.78, 5) is 26.2. The second-order valence-electron chi connectivity index (χ2n) is 7.44. The number of thiophene rings is 1. The molecule has 0 aromatic carbocycles. The van der Waals surface area contributed by atoms with E-state index in [1.54, 1.807) is 11.3 Å². The fraction of sp³-hybridized carbons (Fsp3) is 0.714. The van der Waals surface area contributed by atoms with Crippen LogP contribution in [-0.2, 0) is 22.4 Å². The Bertz CT molecular complexity index is 607. The summed E-state index contributed by atoms with van der Waals surface area (Å²) in [6.07, 6.45) is 11.5. The quantitative estimate of drug-likeness (QED) is 0.408. The van der Waals surface area contributed by atoms with E-state index in [9.17, 15) is 9.59 Å². The predicted molar refractivity (Wildman–Crippen MR) is 108 cm³/mol. The standard InChI is InChI=1S/C21H33NO3S/c1-4-5-6-7-8-9-14-18(23)22-20-19(21(24)25-15(2)3)16-12-10-11-13-17(16)26-20/h15H,4-14H2,1-3H3,(H,22,23). The van der Waals surface area contributed by atoms with Gasteiger partial charge in [-0.1, -0.05) is 39.0 Å². The van der Waals surface area contributed by atoms with E-state index < -0.39 is 0 Å². The van der Waals surface area contributed by atoms with E-state index in [-0.39, 0.29) is 18.0 Å². The summed E-state index contributed by atoms with van der Waals surface area (Å²) in [6, 6.07) is 0. The number of ether oxygens (including phenoxy) is 1. The van der Waals surface area contributed by atoms with Crippen molar-refractivity contribution in [1.29, 1.82) is 0 Å². The van der Waals surface area contributed by atoms with Gasteiger partial charge in [-0.2, -0.15) is 0 Å². The van der Waals surface area contributed by atoms with Crippen molar-refractivity contribution in [3.8, 4) is 0 Å². The molecule has 0 saturated carbocycles. The zero-order valence-corrected chi connectivity index (χ0v) is 17.3. The summed E-state index contributed by atoms with van der Waals surface area (Å²) in [5.74, 6) is -0.285. The Morgan fingerprint density at radius 1 is 1.08 bits per heavy atom. The van der Waals surface area contributed by atoms with Crippen molar-refractivity contribution in [2.24, 2.45) is 0 Å². The number of hydrogen-bond donors (Lipinski definition) is 1.